The van der Waals surface area contributed by atoms with E-state index < -0.39 is 83.9 Å². The van der Waals surface area contributed by atoms with Crippen LogP contribution in [0.5, 0.6) is 0 Å². The zero-order chi connectivity index (χ0) is 41.5. The number of hydrogen-bond acceptors (Lipinski definition) is 12. The van der Waals surface area contributed by atoms with E-state index in [-0.39, 0.29) is 49.5 Å². The van der Waals surface area contributed by atoms with Crippen LogP contribution in [-0.4, -0.2) is 126 Å². The second kappa shape index (κ2) is 20.4. The topological polar surface area (TPSA) is 178 Å². The van der Waals surface area contributed by atoms with Crippen molar-refractivity contribution in [2.24, 2.45) is 29.6 Å². The van der Waals surface area contributed by atoms with Crippen LogP contribution in [0.3, 0.4) is 0 Å². The van der Waals surface area contributed by atoms with Gasteiger partial charge >= 0.3 is 5.97 Å². The van der Waals surface area contributed by atoms with Crippen molar-refractivity contribution >= 4 is 23.4 Å². The van der Waals surface area contributed by atoms with E-state index >= 15 is 0 Å². The van der Waals surface area contributed by atoms with Crippen LogP contribution in [-0.2, 0) is 42.9 Å². The van der Waals surface area contributed by atoms with Crippen LogP contribution in [0.25, 0.3) is 0 Å². The Labute approximate surface area is 333 Å². The summed E-state index contributed by atoms with van der Waals surface area (Å²) in [6, 6.07) is -1.13. The van der Waals surface area contributed by atoms with E-state index in [4.69, 9.17) is 23.7 Å². The molecule has 4 rings (SSSR count). The SMILES string of the molecule is CC[C@@H]1/C=C(\C)C[C@H](C)C[C@H](OC)[C@H]2O[C@@](O)(C(=O)C(=O)N3CCCC[C@H]3C(=O)O[C@H](/C(C)=C/C3CC[C@H](O)[C@H](OC)C3)[C@H](C)[C@@H](O)CC1=O)[C@H](C)C[C@@H]2OC. The Hall–Kier alpha value is -2.52. The molecule has 14 atom stereocenters. The molecular formula is C43H69NO12. The number of rotatable bonds is 6. The number of piperidine rings is 1. The zero-order valence-electron chi connectivity index (χ0n) is 35.1. The van der Waals surface area contributed by atoms with E-state index in [1.165, 1.54) is 19.1 Å². The minimum Gasteiger partial charge on any atom is -0.456 e. The lowest BCUT2D eigenvalue weighted by Crippen LogP contribution is -2.64. The number of amides is 1. The summed E-state index contributed by atoms with van der Waals surface area (Å²) in [5.74, 6) is -7.50. The minimum absolute atomic E-state index is 0.000914. The van der Waals surface area contributed by atoms with Gasteiger partial charge in [0.05, 0.1) is 30.5 Å². The third kappa shape index (κ3) is 10.7. The molecule has 3 heterocycles. The van der Waals surface area contributed by atoms with Crippen molar-refractivity contribution in [1.29, 1.82) is 0 Å². The van der Waals surface area contributed by atoms with Crippen LogP contribution in [0.2, 0.25) is 0 Å². The Morgan fingerprint density at radius 1 is 0.911 bits per heavy atom. The average molecular weight is 792 g/mol. The van der Waals surface area contributed by atoms with Gasteiger partial charge < -0.3 is 43.9 Å². The molecule has 13 nitrogen and oxygen atoms in total. The van der Waals surface area contributed by atoms with E-state index in [1.54, 1.807) is 21.0 Å². The van der Waals surface area contributed by atoms with Crippen molar-refractivity contribution in [3.05, 3.63) is 23.3 Å². The van der Waals surface area contributed by atoms with Crippen molar-refractivity contribution in [2.45, 2.75) is 167 Å². The number of aliphatic hydroxyl groups excluding tert-OH is 2. The first kappa shape index (κ1) is 46.2. The van der Waals surface area contributed by atoms with Gasteiger partial charge in [-0.25, -0.2) is 4.79 Å². The molecule has 0 spiro atoms. The predicted molar refractivity (Wildman–Crippen MR) is 208 cm³/mol. The van der Waals surface area contributed by atoms with Crippen LogP contribution in [0, 0.1) is 29.6 Å². The molecule has 4 aliphatic rings. The third-order valence-corrected chi connectivity index (χ3v) is 12.9. The van der Waals surface area contributed by atoms with Gasteiger partial charge in [0.15, 0.2) is 0 Å². The molecule has 1 unspecified atom stereocenters. The van der Waals surface area contributed by atoms with Crippen molar-refractivity contribution in [3.8, 4) is 0 Å². The number of carbonyl (C=O) groups is 4. The van der Waals surface area contributed by atoms with Gasteiger partial charge in [0.2, 0.25) is 5.79 Å². The van der Waals surface area contributed by atoms with Gasteiger partial charge in [-0.3, -0.25) is 14.4 Å². The van der Waals surface area contributed by atoms with E-state index in [0.717, 1.165) is 5.57 Å². The molecule has 1 amide bonds. The van der Waals surface area contributed by atoms with Gasteiger partial charge in [0, 0.05) is 52.0 Å². The normalized spacial score (nSPS) is 41.6. The van der Waals surface area contributed by atoms with E-state index in [1.807, 2.05) is 32.9 Å². The Morgan fingerprint density at radius 3 is 2.21 bits per heavy atom. The van der Waals surface area contributed by atoms with E-state index in [2.05, 4.69) is 6.92 Å². The van der Waals surface area contributed by atoms with Gasteiger partial charge in [0.1, 0.15) is 24.0 Å². The zero-order valence-corrected chi connectivity index (χ0v) is 35.1. The fraction of sp³-hybridized carbons (Fsp3) is 0.814. The first-order valence-corrected chi connectivity index (χ1v) is 20.8. The summed E-state index contributed by atoms with van der Waals surface area (Å²) in [7, 11) is 4.63. The highest BCUT2D eigenvalue weighted by molar-refractivity contribution is 6.39. The van der Waals surface area contributed by atoms with Crippen molar-refractivity contribution < 1.29 is 58.2 Å². The van der Waals surface area contributed by atoms with Crippen LogP contribution in [0.15, 0.2) is 23.3 Å². The molecule has 3 N–H and O–H groups in total. The molecule has 2 saturated heterocycles. The smallest absolute Gasteiger partial charge is 0.329 e. The summed E-state index contributed by atoms with van der Waals surface area (Å²) in [5.41, 5.74) is 1.66. The first-order chi connectivity index (χ1) is 26.5. The Bertz CT molecular complexity index is 1430. The molecule has 13 heteroatoms. The van der Waals surface area contributed by atoms with Gasteiger partial charge in [-0.2, -0.15) is 0 Å². The summed E-state index contributed by atoms with van der Waals surface area (Å²) in [6.45, 7) is 11.3. The molecule has 56 heavy (non-hydrogen) atoms. The van der Waals surface area contributed by atoms with Crippen LogP contribution >= 0.6 is 0 Å². The number of methoxy groups -OCH3 is 3. The maximum atomic E-state index is 14.3. The highest BCUT2D eigenvalue weighted by atomic mass is 16.7. The number of aliphatic hydroxyl groups is 3. The predicted octanol–water partition coefficient (Wildman–Crippen LogP) is 4.47. The second-order valence-corrected chi connectivity index (χ2v) is 17.2. The third-order valence-electron chi connectivity index (χ3n) is 12.9. The standard InChI is InChI=1S/C43H69NO12/c1-10-30-18-24(2)17-25(3)19-36(53-8)39-37(54-9)21-27(5)43(51,56-39)40(48)41(49)44-16-12-11-13-31(44)42(50)55-38(28(6)33(46)23-34(30)47)26(4)20-29-14-15-32(45)35(22-29)52-7/h18,20,25,27-33,35-39,45-46,51H,10-17,19,21-23H2,1-9H3/b24-18+,26-20+/t25-,27+,28+,29?,30+,31-,32-,33-,35+,36-,37-,38+,39+,43+/m0/s1. The van der Waals surface area contributed by atoms with Gasteiger partial charge in [-0.05, 0) is 95.5 Å². The Morgan fingerprint density at radius 2 is 1.57 bits per heavy atom. The number of allylic oxidation sites excluding steroid dienone is 3. The molecule has 1 aliphatic carbocycles. The number of ketones is 2. The molecule has 0 radical (unpaired) electrons. The summed E-state index contributed by atoms with van der Waals surface area (Å²) < 4.78 is 29.7. The van der Waals surface area contributed by atoms with Crippen LogP contribution in [0.4, 0.5) is 0 Å². The minimum atomic E-state index is -2.50. The number of fused-ring (bicyclic) bond motifs is 3. The molecule has 3 aliphatic heterocycles. The molecule has 318 valence electrons. The van der Waals surface area contributed by atoms with Gasteiger partial charge in [-0.1, -0.05) is 45.4 Å². The largest absolute Gasteiger partial charge is 0.456 e. The van der Waals surface area contributed by atoms with Crippen LogP contribution < -0.4 is 0 Å². The van der Waals surface area contributed by atoms with E-state index in [0.29, 0.717) is 56.9 Å². The monoisotopic (exact) mass is 791 g/mol. The fourth-order valence-corrected chi connectivity index (χ4v) is 9.39. The number of cyclic esters (lactones) is 1. The lowest BCUT2D eigenvalue weighted by Gasteiger charge is -2.47. The molecule has 0 aromatic rings. The van der Waals surface area contributed by atoms with Gasteiger partial charge in [-0.15, -0.1) is 0 Å². The highest BCUT2D eigenvalue weighted by Gasteiger charge is 2.56. The maximum Gasteiger partial charge on any atom is 0.329 e. The first-order valence-electron chi connectivity index (χ1n) is 20.8. The summed E-state index contributed by atoms with van der Waals surface area (Å²) >= 11 is 0. The number of nitrogens with zero attached hydrogens (tertiary/aromatic N) is 1. The van der Waals surface area contributed by atoms with Crippen molar-refractivity contribution in [1.82, 2.24) is 4.90 Å². The summed E-state index contributed by atoms with van der Waals surface area (Å²) in [5, 5.41) is 34.1. The molecule has 2 bridgehead atoms. The molecule has 0 aromatic heterocycles. The maximum absolute atomic E-state index is 14.3. The van der Waals surface area contributed by atoms with E-state index in [9.17, 15) is 34.5 Å². The fourth-order valence-electron chi connectivity index (χ4n) is 9.39. The van der Waals surface area contributed by atoms with Crippen molar-refractivity contribution in [2.75, 3.05) is 27.9 Å². The number of Topliss-reactive ketones (excluding diaryl/α,β-unsaturated/α-hetero) is 2. The summed E-state index contributed by atoms with van der Waals surface area (Å²) in [4.78, 5) is 57.6. The molecule has 0 aromatic carbocycles. The molecular weight excluding hydrogens is 722 g/mol. The summed E-state index contributed by atoms with van der Waals surface area (Å²) in [6.07, 6.45) is 3.72. The quantitative estimate of drug-likeness (QED) is 0.196. The van der Waals surface area contributed by atoms with Crippen molar-refractivity contribution in [3.63, 3.8) is 0 Å². The van der Waals surface area contributed by atoms with Crippen LogP contribution in [0.1, 0.15) is 112 Å². The second-order valence-electron chi connectivity index (χ2n) is 17.2. The number of hydrogen-bond donors (Lipinski definition) is 3. The lowest BCUT2D eigenvalue weighted by molar-refractivity contribution is -0.302. The Kier molecular flexibility index (Phi) is 16.9. The molecule has 1 saturated carbocycles. The number of carbonyl (C=O) groups excluding carboxylic acids is 4. The number of ether oxygens (including phenoxy) is 5. The average Bonchev–Trinajstić information content (AvgIpc) is 3.18. The molecule has 3 fully saturated rings. The lowest BCUT2D eigenvalue weighted by atomic mass is 9.81. The highest BCUT2D eigenvalue weighted by Crippen LogP contribution is 2.39. The number of esters is 1. The van der Waals surface area contributed by atoms with Gasteiger partial charge in [0.25, 0.3) is 11.7 Å². The Balaban J connectivity index is 1.76.